The van der Waals surface area contributed by atoms with Crippen LogP contribution < -0.4 is 10.6 Å². The van der Waals surface area contributed by atoms with E-state index in [1.807, 2.05) is 0 Å². The Bertz CT molecular complexity index is 541. The molecule has 0 aliphatic rings. The van der Waals surface area contributed by atoms with Gasteiger partial charge in [-0.2, -0.15) is 0 Å². The molecule has 1 atom stereocenters. The molecule has 1 aromatic carbocycles. The summed E-state index contributed by atoms with van der Waals surface area (Å²) in [5.74, 6) is -3.04. The number of hydrogen-bond acceptors (Lipinski definition) is 3. The van der Waals surface area contributed by atoms with Gasteiger partial charge in [0, 0.05) is 12.1 Å². The van der Waals surface area contributed by atoms with E-state index in [0.717, 1.165) is 6.07 Å². The zero-order chi connectivity index (χ0) is 16.0. The SMILES string of the molecule is Cc1cc(F)cc(NC(=O)NC(CCC(=O)O)C(=O)O)c1. The molecule has 21 heavy (non-hydrogen) atoms. The fourth-order valence-electron chi connectivity index (χ4n) is 1.66. The number of hydrogen-bond donors (Lipinski definition) is 4. The third-order valence-electron chi connectivity index (χ3n) is 2.55. The molecule has 0 saturated heterocycles. The van der Waals surface area contributed by atoms with Crippen molar-refractivity contribution in [3.8, 4) is 0 Å². The first-order valence-corrected chi connectivity index (χ1v) is 6.07. The number of carboxylic acid groups (broad SMARTS) is 2. The molecule has 1 unspecified atom stereocenters. The summed E-state index contributed by atoms with van der Waals surface area (Å²) in [6.07, 6.45) is -0.642. The Hall–Kier alpha value is -2.64. The van der Waals surface area contributed by atoms with Gasteiger partial charge in [-0.1, -0.05) is 0 Å². The Balaban J connectivity index is 2.65. The maximum atomic E-state index is 13.1. The first kappa shape index (κ1) is 16.4. The van der Waals surface area contributed by atoms with E-state index in [-0.39, 0.29) is 12.1 Å². The molecule has 0 heterocycles. The van der Waals surface area contributed by atoms with Crippen molar-refractivity contribution in [1.82, 2.24) is 5.32 Å². The Labute approximate surface area is 119 Å². The Morgan fingerprint density at radius 1 is 1.24 bits per heavy atom. The zero-order valence-corrected chi connectivity index (χ0v) is 11.2. The summed E-state index contributed by atoms with van der Waals surface area (Å²) in [4.78, 5) is 33.0. The molecule has 0 spiro atoms. The fraction of sp³-hybridized carbons (Fsp3) is 0.308. The van der Waals surface area contributed by atoms with Crippen molar-refractivity contribution >= 4 is 23.7 Å². The molecule has 8 heteroatoms. The van der Waals surface area contributed by atoms with Crippen LogP contribution in [0, 0.1) is 12.7 Å². The number of carboxylic acids is 2. The molecule has 0 fully saturated rings. The van der Waals surface area contributed by atoms with E-state index in [9.17, 15) is 18.8 Å². The molecule has 1 aromatic rings. The lowest BCUT2D eigenvalue weighted by Crippen LogP contribution is -2.43. The number of aliphatic carboxylic acids is 2. The lowest BCUT2D eigenvalue weighted by atomic mass is 10.1. The second kappa shape index (κ2) is 7.22. The van der Waals surface area contributed by atoms with E-state index in [0.29, 0.717) is 5.56 Å². The third kappa shape index (κ3) is 5.89. The van der Waals surface area contributed by atoms with Gasteiger partial charge in [-0.3, -0.25) is 4.79 Å². The number of aryl methyl sites for hydroxylation is 1. The Morgan fingerprint density at radius 2 is 1.90 bits per heavy atom. The minimum absolute atomic E-state index is 0.173. The van der Waals surface area contributed by atoms with Gasteiger partial charge < -0.3 is 20.8 Å². The highest BCUT2D eigenvalue weighted by molar-refractivity contribution is 5.92. The first-order valence-electron chi connectivity index (χ1n) is 6.07. The van der Waals surface area contributed by atoms with Crippen molar-refractivity contribution < 1.29 is 29.0 Å². The van der Waals surface area contributed by atoms with E-state index in [2.05, 4.69) is 10.6 Å². The number of halogens is 1. The van der Waals surface area contributed by atoms with Crippen LogP contribution in [0.3, 0.4) is 0 Å². The monoisotopic (exact) mass is 298 g/mol. The molecule has 2 amide bonds. The molecule has 0 aliphatic heterocycles. The standard InChI is InChI=1S/C13H15FN2O5/c1-7-4-8(14)6-9(5-7)15-13(21)16-10(12(19)20)2-3-11(17)18/h4-6,10H,2-3H2,1H3,(H,17,18)(H,19,20)(H2,15,16,21). The van der Waals surface area contributed by atoms with Gasteiger partial charge in [0.15, 0.2) is 0 Å². The van der Waals surface area contributed by atoms with Gasteiger partial charge in [0.25, 0.3) is 0 Å². The molecule has 4 N–H and O–H groups in total. The predicted octanol–water partition coefficient (Wildman–Crippen LogP) is 1.57. The van der Waals surface area contributed by atoms with Crippen LogP contribution in [0.1, 0.15) is 18.4 Å². The number of carbonyl (C=O) groups is 3. The van der Waals surface area contributed by atoms with Crippen molar-refractivity contribution in [2.45, 2.75) is 25.8 Å². The van der Waals surface area contributed by atoms with Gasteiger partial charge in [0.05, 0.1) is 0 Å². The van der Waals surface area contributed by atoms with Crippen molar-refractivity contribution in [3.63, 3.8) is 0 Å². The number of carbonyl (C=O) groups excluding carboxylic acids is 1. The molecule has 0 saturated carbocycles. The average Bonchev–Trinajstić information content (AvgIpc) is 2.32. The maximum Gasteiger partial charge on any atom is 0.326 e. The summed E-state index contributed by atoms with van der Waals surface area (Å²) in [5.41, 5.74) is 0.762. The van der Waals surface area contributed by atoms with Crippen molar-refractivity contribution in [1.29, 1.82) is 0 Å². The number of benzene rings is 1. The van der Waals surface area contributed by atoms with Gasteiger partial charge >= 0.3 is 18.0 Å². The van der Waals surface area contributed by atoms with Gasteiger partial charge in [-0.25, -0.2) is 14.0 Å². The second-order valence-corrected chi connectivity index (χ2v) is 4.44. The van der Waals surface area contributed by atoms with Crippen LogP contribution in [0.4, 0.5) is 14.9 Å². The lowest BCUT2D eigenvalue weighted by molar-refractivity contribution is -0.140. The maximum absolute atomic E-state index is 13.1. The molecule has 7 nitrogen and oxygen atoms in total. The molecule has 0 aliphatic carbocycles. The van der Waals surface area contributed by atoms with E-state index in [1.54, 1.807) is 6.92 Å². The minimum atomic E-state index is -1.35. The zero-order valence-electron chi connectivity index (χ0n) is 11.2. The molecule has 114 valence electrons. The van der Waals surface area contributed by atoms with Crippen LogP contribution in [0.15, 0.2) is 18.2 Å². The highest BCUT2D eigenvalue weighted by atomic mass is 19.1. The number of anilines is 1. The summed E-state index contributed by atoms with van der Waals surface area (Å²) < 4.78 is 13.1. The number of nitrogens with one attached hydrogen (secondary N) is 2. The third-order valence-corrected chi connectivity index (χ3v) is 2.55. The highest BCUT2D eigenvalue weighted by Gasteiger charge is 2.21. The lowest BCUT2D eigenvalue weighted by Gasteiger charge is -2.14. The van der Waals surface area contributed by atoms with E-state index < -0.39 is 36.2 Å². The summed E-state index contributed by atoms with van der Waals surface area (Å²) in [6.45, 7) is 1.64. The van der Waals surface area contributed by atoms with Crippen LogP contribution in [-0.2, 0) is 9.59 Å². The van der Waals surface area contributed by atoms with E-state index in [4.69, 9.17) is 10.2 Å². The van der Waals surface area contributed by atoms with Crippen molar-refractivity contribution in [3.05, 3.63) is 29.6 Å². The fourth-order valence-corrected chi connectivity index (χ4v) is 1.66. The summed E-state index contributed by atoms with van der Waals surface area (Å²) in [7, 11) is 0. The van der Waals surface area contributed by atoms with Gasteiger partial charge in [0.2, 0.25) is 0 Å². The van der Waals surface area contributed by atoms with E-state index >= 15 is 0 Å². The Kier molecular flexibility index (Phi) is 5.65. The van der Waals surface area contributed by atoms with Crippen LogP contribution in [0.5, 0.6) is 0 Å². The quantitative estimate of drug-likeness (QED) is 0.636. The van der Waals surface area contributed by atoms with Crippen LogP contribution >= 0.6 is 0 Å². The van der Waals surface area contributed by atoms with Crippen LogP contribution in [0.25, 0.3) is 0 Å². The van der Waals surface area contributed by atoms with Crippen LogP contribution in [-0.4, -0.2) is 34.2 Å². The molecular formula is C13H15FN2O5. The van der Waals surface area contributed by atoms with Crippen LogP contribution in [0.2, 0.25) is 0 Å². The molecule has 0 radical (unpaired) electrons. The van der Waals surface area contributed by atoms with Crippen molar-refractivity contribution in [2.75, 3.05) is 5.32 Å². The average molecular weight is 298 g/mol. The molecular weight excluding hydrogens is 283 g/mol. The molecule has 0 bridgehead atoms. The van der Waals surface area contributed by atoms with Gasteiger partial charge in [0.1, 0.15) is 11.9 Å². The number of amides is 2. The van der Waals surface area contributed by atoms with Crippen molar-refractivity contribution in [2.24, 2.45) is 0 Å². The minimum Gasteiger partial charge on any atom is -0.481 e. The van der Waals surface area contributed by atoms with Gasteiger partial charge in [-0.15, -0.1) is 0 Å². The summed E-state index contributed by atoms with van der Waals surface area (Å²) >= 11 is 0. The smallest absolute Gasteiger partial charge is 0.326 e. The molecule has 0 aromatic heterocycles. The van der Waals surface area contributed by atoms with E-state index in [1.165, 1.54) is 12.1 Å². The largest absolute Gasteiger partial charge is 0.481 e. The normalized spacial score (nSPS) is 11.5. The summed E-state index contributed by atoms with van der Waals surface area (Å²) in [6, 6.07) is 1.68. The molecule has 1 rings (SSSR count). The number of urea groups is 1. The predicted molar refractivity (Wildman–Crippen MR) is 71.6 cm³/mol. The second-order valence-electron chi connectivity index (χ2n) is 4.44. The Morgan fingerprint density at radius 3 is 2.43 bits per heavy atom. The first-order chi connectivity index (χ1) is 9.77. The topological polar surface area (TPSA) is 116 Å². The summed E-state index contributed by atoms with van der Waals surface area (Å²) in [5, 5.41) is 21.8. The highest BCUT2D eigenvalue weighted by Crippen LogP contribution is 2.13. The number of rotatable bonds is 6. The van der Waals surface area contributed by atoms with Gasteiger partial charge in [-0.05, 0) is 37.1 Å².